The number of imide groups is 1. The fourth-order valence-electron chi connectivity index (χ4n) is 12.7. The maximum absolute atomic E-state index is 16.2. The van der Waals surface area contributed by atoms with Crippen LogP contribution in [-0.4, -0.2) is 422 Å². The Labute approximate surface area is 807 Å². The summed E-state index contributed by atoms with van der Waals surface area (Å²) in [6, 6.07) is 1.46. The van der Waals surface area contributed by atoms with Gasteiger partial charge in [-0.2, -0.15) is 0 Å². The molecule has 53 heteroatoms. The molecule has 140 heavy (non-hydrogen) atoms. The highest BCUT2D eigenvalue weighted by atomic mass is 32.1. The van der Waals surface area contributed by atoms with Crippen LogP contribution in [-0.2, 0) is 128 Å². The number of rotatable bonds is 76. The van der Waals surface area contributed by atoms with E-state index in [1.807, 2.05) is 0 Å². The fraction of sp³-hybridized carbons (Fsp3) is 0.644. The summed E-state index contributed by atoms with van der Waals surface area (Å²) in [5.74, 6) is -13.1. The molecule has 5 rings (SSSR count). The summed E-state index contributed by atoms with van der Waals surface area (Å²) in [4.78, 5) is 193. The Morgan fingerprint density at radius 1 is 0.450 bits per heavy atom. The predicted molar refractivity (Wildman–Crippen MR) is 479 cm³/mol. The summed E-state index contributed by atoms with van der Waals surface area (Å²) in [5, 5.41) is 119. The molecular weight excluding hydrogens is 1890 g/mol. The number of aliphatic hydroxyl groups is 10. The molecule has 0 saturated carbocycles. The molecule has 0 aliphatic carbocycles. The minimum atomic E-state index is -2.02. The zero-order valence-electron chi connectivity index (χ0n) is 78.1. The van der Waals surface area contributed by atoms with Crippen LogP contribution in [0.15, 0.2) is 30.4 Å². The summed E-state index contributed by atoms with van der Waals surface area (Å²) >= 11 is 1.03. The van der Waals surface area contributed by atoms with Crippen molar-refractivity contribution >= 4 is 110 Å². The number of fused-ring (bicyclic) bond motifs is 2. The number of benzene rings is 2. The smallest absolute Gasteiger partial charge is 0.306 e. The third-order valence-electron chi connectivity index (χ3n) is 20.4. The van der Waals surface area contributed by atoms with E-state index in [0.717, 1.165) is 23.5 Å². The van der Waals surface area contributed by atoms with Crippen LogP contribution in [0.5, 0.6) is 23.0 Å². The Morgan fingerprint density at radius 3 is 1.40 bits per heavy atom. The van der Waals surface area contributed by atoms with Crippen LogP contribution >= 0.6 is 11.3 Å². The Hall–Kier alpha value is -11.1. The molecule has 786 valence electrons. The highest BCUT2D eigenvalue weighted by Crippen LogP contribution is 2.42. The topological polar surface area (TPSA) is 702 Å². The van der Waals surface area contributed by atoms with E-state index in [4.69, 9.17) is 76.5 Å². The van der Waals surface area contributed by atoms with Crippen molar-refractivity contribution < 1.29 is 198 Å². The number of esters is 2. The third-order valence-corrected chi connectivity index (χ3v) is 21.5. The second-order valence-corrected chi connectivity index (χ2v) is 32.2. The number of nitrogens with zero attached hydrogens (tertiary/aromatic N) is 2. The highest BCUT2D eigenvalue weighted by Gasteiger charge is 2.36. The molecule has 19 N–H and O–H groups in total. The molecule has 0 spiro atoms. The summed E-state index contributed by atoms with van der Waals surface area (Å²) in [6.07, 6.45) is -17.1. The molecule has 0 radical (unpaired) electrons. The monoisotopic (exact) mass is 2020 g/mol. The number of hydrogen-bond acceptors (Lipinski definition) is 40. The maximum Gasteiger partial charge on any atom is 0.306 e. The predicted octanol–water partition coefficient (Wildman–Crippen LogP) is -7.21. The van der Waals surface area contributed by atoms with Gasteiger partial charge in [-0.3, -0.25) is 76.8 Å². The number of nitrogens with one attached hydrogen (secondary N) is 9. The van der Waals surface area contributed by atoms with Crippen molar-refractivity contribution in [2.45, 2.75) is 158 Å². The number of carbonyl (C=O) groups excluding carboxylic acids is 15. The van der Waals surface area contributed by atoms with E-state index < -0.39 is 240 Å². The first kappa shape index (κ1) is 119. The number of ketones is 1. The van der Waals surface area contributed by atoms with Gasteiger partial charge in [-0.25, -0.2) is 8.78 Å². The van der Waals surface area contributed by atoms with Crippen LogP contribution in [0.3, 0.4) is 0 Å². The van der Waals surface area contributed by atoms with Crippen molar-refractivity contribution in [2.75, 3.05) is 205 Å². The number of hydrogen-bond donors (Lipinski definition) is 19. The van der Waals surface area contributed by atoms with Gasteiger partial charge in [0, 0.05) is 105 Å². The Morgan fingerprint density at radius 2 is 0.893 bits per heavy atom. The van der Waals surface area contributed by atoms with Crippen molar-refractivity contribution in [3.63, 3.8) is 0 Å². The summed E-state index contributed by atoms with van der Waals surface area (Å²) in [7, 11) is 2.62. The normalized spacial score (nSPS) is 14.6. The highest BCUT2D eigenvalue weighted by molar-refractivity contribution is 7.20. The lowest BCUT2D eigenvalue weighted by atomic mass is 10.0. The van der Waals surface area contributed by atoms with Crippen LogP contribution in [0.25, 0.3) is 10.1 Å². The molecule has 0 fully saturated rings. The van der Waals surface area contributed by atoms with Gasteiger partial charge in [0.25, 0.3) is 11.8 Å². The average Bonchev–Trinajstić information content (AvgIpc) is 1.63. The van der Waals surface area contributed by atoms with Crippen LogP contribution in [0.4, 0.5) is 8.78 Å². The summed E-state index contributed by atoms with van der Waals surface area (Å²) in [5.41, 5.74) is 0.566. The van der Waals surface area contributed by atoms with Gasteiger partial charge in [-0.15, -0.1) is 11.3 Å². The molecule has 0 bridgehead atoms. The van der Waals surface area contributed by atoms with Gasteiger partial charge >= 0.3 is 11.9 Å². The Bertz CT molecular complexity index is 4490. The number of carbonyl (C=O) groups is 15. The number of Topliss-reactive ketones (excluding diaryl/α,β-unsaturated/α-hetero) is 1. The molecule has 12 amide bonds. The molecule has 0 unspecified atom stereocenters. The van der Waals surface area contributed by atoms with Gasteiger partial charge in [-0.1, -0.05) is 0 Å². The lowest BCUT2D eigenvalue weighted by Crippen LogP contribution is -2.53. The summed E-state index contributed by atoms with van der Waals surface area (Å²) in [6.45, 7) is 0.0802. The van der Waals surface area contributed by atoms with Crippen LogP contribution in [0.1, 0.15) is 98.9 Å². The lowest BCUT2D eigenvalue weighted by molar-refractivity contribution is -0.150. The second kappa shape index (κ2) is 66.6. The van der Waals surface area contributed by atoms with E-state index in [9.17, 15) is 113 Å². The number of aliphatic hydroxyl groups excluding tert-OH is 10. The maximum atomic E-state index is 16.2. The van der Waals surface area contributed by atoms with Crippen molar-refractivity contribution in [1.29, 1.82) is 0 Å². The first-order chi connectivity index (χ1) is 67.0. The van der Waals surface area contributed by atoms with Crippen LogP contribution in [0.2, 0.25) is 0 Å². The molecule has 3 aromatic rings. The van der Waals surface area contributed by atoms with Crippen LogP contribution in [0, 0.1) is 11.6 Å². The minimum absolute atomic E-state index is 0.0288. The van der Waals surface area contributed by atoms with E-state index in [1.54, 1.807) is 6.92 Å². The van der Waals surface area contributed by atoms with Crippen LogP contribution < -0.4 is 66.8 Å². The molecule has 50 nitrogen and oxygen atoms in total. The standard InChI is InChI=1S/C87H129F2N11O39S/c1-5-136-76(118)15-9-57(103)65-38-53-64(140-65)39-63(127-4)85(78(53)88)138-20-6-19-137-84-62(126-3)37-52-46-99(47-54(52)79(84)89)73(115)14-16-77(119)139-51(2)40-91-66(108)10-8-56(98-72(114)48-100-74(116)12-13-75(100)117)87(125)96-45-71(113)94-44-70(112)93-43-69(111)90-18-22-129-24-26-131-28-30-133-32-34-135-36-35-134-33-31-132-29-27-130-25-23-128-21-17-68(110)97-55(86(124)95-42-59(105)81(121)83(123)61(107)50-102)7-11-67(109)92-41-58(104)80(120)82(122)60(106)49-101/h12-13,37-39,51,55-56,58-61,80-83,101-102,104-107,120-123H,5-11,14-36,40-50H2,1-4H3,(H,90,111)(H,91,108)(H,92,109)(H,93,112)(H,94,113)(H,95,124)(H,96,125)(H,97,110)(H,98,114)/t51-,55-,56-,58-,59-,60+,61+,80+,81+,82+,83+/m0/s1. The zero-order chi connectivity index (χ0) is 103. The van der Waals surface area contributed by atoms with E-state index in [2.05, 4.69) is 47.9 Å². The van der Waals surface area contributed by atoms with E-state index in [1.165, 1.54) is 44.2 Å². The van der Waals surface area contributed by atoms with Gasteiger partial charge in [0.15, 0.2) is 40.4 Å². The van der Waals surface area contributed by atoms with E-state index >= 15 is 8.78 Å². The molecule has 0 saturated heterocycles. The first-order valence-electron chi connectivity index (χ1n) is 44.9. The molecule has 2 aromatic carbocycles. The van der Waals surface area contributed by atoms with Crippen molar-refractivity contribution in [3.05, 3.63) is 58.0 Å². The SMILES string of the molecule is CCOC(=O)CCC(=O)c1cc2c(F)c(OCCCOc3c(OC)cc4c(c3F)CN(C(=O)CCC(=O)O[C@@H](C)CNC(=O)CC[C@H](NC(=O)CN3C(=O)C=CC3=O)C(=O)NCC(=O)NCC(=O)NCC(=O)NCCOCCOCCOCCOCCOCCOCCOCCOCCC(=O)N[C@@H](CCC(=O)NC[C@H](O)[C@@H](O)[C@H](O)[C@H](O)CO)C(=O)NC[C@H](O)[C@@H](O)[C@H](O)[C@H](O)CO)C4)c(OC)cc2s1. The molecule has 1 aromatic heterocycles. The third kappa shape index (κ3) is 44.4. The van der Waals surface area contributed by atoms with Crippen molar-refractivity contribution in [3.8, 4) is 23.0 Å². The molecular formula is C87H129F2N11O39S. The number of halogens is 2. The number of amides is 12. The quantitative estimate of drug-likeness (QED) is 0.0108. The Balaban J connectivity index is 0.849. The molecule has 11 atom stereocenters. The van der Waals surface area contributed by atoms with E-state index in [0.29, 0.717) is 41.6 Å². The fourth-order valence-corrected chi connectivity index (χ4v) is 13.8. The van der Waals surface area contributed by atoms with Gasteiger partial charge in [-0.05, 0) is 44.4 Å². The van der Waals surface area contributed by atoms with Gasteiger partial charge in [0.05, 0.1) is 209 Å². The molecule has 2 aliphatic heterocycles. The lowest BCUT2D eigenvalue weighted by Gasteiger charge is -2.26. The Kier molecular flexibility index (Phi) is 56.8. The number of ether oxygens (including phenoxy) is 14. The number of thiophene rings is 1. The van der Waals surface area contributed by atoms with Gasteiger partial charge in [0.1, 0.15) is 61.4 Å². The van der Waals surface area contributed by atoms with Gasteiger partial charge in [0.2, 0.25) is 59.1 Å². The minimum Gasteiger partial charge on any atom is -0.493 e. The van der Waals surface area contributed by atoms with Gasteiger partial charge < -0.3 is 170 Å². The second-order valence-electron chi connectivity index (χ2n) is 31.1. The summed E-state index contributed by atoms with van der Waals surface area (Å²) < 4.78 is 109. The largest absolute Gasteiger partial charge is 0.493 e. The average molecular weight is 2020 g/mol. The molecule has 3 heterocycles. The van der Waals surface area contributed by atoms with E-state index in [-0.39, 0.29) is 208 Å². The van der Waals surface area contributed by atoms with Crippen molar-refractivity contribution in [2.24, 2.45) is 0 Å². The number of methoxy groups -OCH3 is 2. The van der Waals surface area contributed by atoms with Crippen molar-refractivity contribution in [1.82, 2.24) is 57.7 Å². The molecule has 2 aliphatic rings. The first-order valence-corrected chi connectivity index (χ1v) is 45.8. The zero-order valence-corrected chi connectivity index (χ0v) is 78.9.